The summed E-state index contributed by atoms with van der Waals surface area (Å²) in [7, 11) is 3.37. The van der Waals surface area contributed by atoms with Crippen LogP contribution in [0.3, 0.4) is 0 Å². The fraction of sp³-hybridized carbons (Fsp3) is 0.429. The molecule has 1 aliphatic heterocycles. The molecule has 21 heavy (non-hydrogen) atoms. The minimum atomic E-state index is -0.497. The molecule has 0 saturated carbocycles. The standard InChI is InChI=1S/C14H19N3O4/c1-9(13(18)16-14(19)15-2)17(3)7-10-4-5-11-12(6-10)21-8-20-11/h4-6,9H,7-8H2,1-3H3,(H2,15,16,18,19)/p+1/t9-/m1/s1. The maximum atomic E-state index is 11.9. The molecule has 0 bridgehead atoms. The Labute approximate surface area is 123 Å². The number of hydrogen-bond donors (Lipinski definition) is 3. The van der Waals surface area contributed by atoms with E-state index in [1.807, 2.05) is 25.2 Å². The van der Waals surface area contributed by atoms with Crippen LogP contribution in [0.25, 0.3) is 0 Å². The lowest BCUT2D eigenvalue weighted by Crippen LogP contribution is -3.12. The molecule has 2 atom stereocenters. The van der Waals surface area contributed by atoms with E-state index in [0.29, 0.717) is 6.54 Å². The molecular weight excluding hydrogens is 274 g/mol. The first-order valence-electron chi connectivity index (χ1n) is 6.74. The van der Waals surface area contributed by atoms with Crippen molar-refractivity contribution in [3.05, 3.63) is 23.8 Å². The molecular formula is C14H20N3O4+. The molecule has 1 aromatic rings. The van der Waals surface area contributed by atoms with E-state index in [2.05, 4.69) is 10.6 Å². The number of ether oxygens (including phenoxy) is 2. The Bertz CT molecular complexity index is 547. The van der Waals surface area contributed by atoms with Gasteiger partial charge in [0, 0.05) is 12.6 Å². The van der Waals surface area contributed by atoms with Crippen LogP contribution in [0.15, 0.2) is 18.2 Å². The van der Waals surface area contributed by atoms with Crippen molar-refractivity contribution >= 4 is 11.9 Å². The predicted octanol–water partition coefficient (Wildman–Crippen LogP) is -0.726. The van der Waals surface area contributed by atoms with Crippen molar-refractivity contribution in [3.8, 4) is 11.5 Å². The lowest BCUT2D eigenvalue weighted by atomic mass is 10.1. The van der Waals surface area contributed by atoms with Crippen LogP contribution in [0.2, 0.25) is 0 Å². The number of likely N-dealkylation sites (N-methyl/N-ethyl adjacent to an activating group) is 1. The Morgan fingerprint density at radius 1 is 1.33 bits per heavy atom. The van der Waals surface area contributed by atoms with Gasteiger partial charge in [-0.1, -0.05) is 0 Å². The molecule has 3 N–H and O–H groups in total. The van der Waals surface area contributed by atoms with Crippen molar-refractivity contribution in [3.63, 3.8) is 0 Å². The second kappa shape index (κ2) is 6.45. The molecule has 0 spiro atoms. The first-order valence-corrected chi connectivity index (χ1v) is 6.74. The third kappa shape index (κ3) is 3.63. The van der Waals surface area contributed by atoms with Crippen LogP contribution in [0.4, 0.5) is 4.79 Å². The number of carbonyl (C=O) groups excluding carboxylic acids is 2. The van der Waals surface area contributed by atoms with Crippen molar-refractivity contribution < 1.29 is 24.0 Å². The van der Waals surface area contributed by atoms with Gasteiger partial charge in [0.25, 0.3) is 5.91 Å². The number of hydrogen-bond acceptors (Lipinski definition) is 4. The zero-order valence-corrected chi connectivity index (χ0v) is 12.4. The van der Waals surface area contributed by atoms with Gasteiger partial charge in [0.15, 0.2) is 17.5 Å². The monoisotopic (exact) mass is 294 g/mol. The Kier molecular flexibility index (Phi) is 4.64. The zero-order chi connectivity index (χ0) is 15.4. The van der Waals surface area contributed by atoms with Gasteiger partial charge in [0.05, 0.1) is 7.05 Å². The molecule has 7 nitrogen and oxygen atoms in total. The van der Waals surface area contributed by atoms with Crippen LogP contribution in [0, 0.1) is 0 Å². The van der Waals surface area contributed by atoms with Crippen LogP contribution in [0.1, 0.15) is 12.5 Å². The molecule has 0 aliphatic carbocycles. The average Bonchev–Trinajstić information content (AvgIpc) is 2.93. The maximum absolute atomic E-state index is 11.9. The maximum Gasteiger partial charge on any atom is 0.321 e. The molecule has 1 unspecified atom stereocenters. The molecule has 0 radical (unpaired) electrons. The molecule has 2 rings (SSSR count). The van der Waals surface area contributed by atoms with Gasteiger partial charge in [0.2, 0.25) is 6.79 Å². The molecule has 7 heteroatoms. The molecule has 1 aromatic carbocycles. The highest BCUT2D eigenvalue weighted by molar-refractivity contribution is 5.96. The summed E-state index contributed by atoms with van der Waals surface area (Å²) in [6.07, 6.45) is 0. The summed E-state index contributed by atoms with van der Waals surface area (Å²) >= 11 is 0. The number of benzene rings is 1. The predicted molar refractivity (Wildman–Crippen MR) is 75.2 cm³/mol. The summed E-state index contributed by atoms with van der Waals surface area (Å²) in [6, 6.07) is 4.87. The van der Waals surface area contributed by atoms with Crippen molar-refractivity contribution in [2.45, 2.75) is 19.5 Å². The van der Waals surface area contributed by atoms with Crippen molar-refractivity contribution in [1.29, 1.82) is 0 Å². The van der Waals surface area contributed by atoms with E-state index < -0.39 is 6.03 Å². The largest absolute Gasteiger partial charge is 0.454 e. The number of urea groups is 1. The molecule has 0 saturated heterocycles. The van der Waals surface area contributed by atoms with E-state index in [1.165, 1.54) is 7.05 Å². The van der Waals surface area contributed by atoms with Crippen molar-refractivity contribution in [2.24, 2.45) is 0 Å². The molecule has 1 aliphatic rings. The SMILES string of the molecule is CNC(=O)NC(=O)[C@@H](C)[NH+](C)Cc1ccc2c(c1)OCO2. The molecule has 0 fully saturated rings. The van der Waals surface area contributed by atoms with Gasteiger partial charge in [-0.2, -0.15) is 0 Å². The van der Waals surface area contributed by atoms with E-state index >= 15 is 0 Å². The van der Waals surface area contributed by atoms with Crippen LogP contribution in [0.5, 0.6) is 11.5 Å². The summed E-state index contributed by atoms with van der Waals surface area (Å²) in [5.41, 5.74) is 1.04. The van der Waals surface area contributed by atoms with Gasteiger partial charge in [-0.3, -0.25) is 10.1 Å². The van der Waals surface area contributed by atoms with Crippen LogP contribution < -0.4 is 25.0 Å². The van der Waals surface area contributed by atoms with Crippen molar-refractivity contribution in [1.82, 2.24) is 10.6 Å². The zero-order valence-electron chi connectivity index (χ0n) is 12.4. The fourth-order valence-corrected chi connectivity index (χ4v) is 2.03. The third-order valence-corrected chi connectivity index (χ3v) is 3.52. The summed E-state index contributed by atoms with van der Waals surface area (Å²) in [4.78, 5) is 24.0. The second-order valence-corrected chi connectivity index (χ2v) is 5.00. The highest BCUT2D eigenvalue weighted by Gasteiger charge is 2.24. The minimum absolute atomic E-state index is 0.242. The van der Waals surface area contributed by atoms with Gasteiger partial charge in [-0.25, -0.2) is 4.79 Å². The smallest absolute Gasteiger partial charge is 0.321 e. The van der Waals surface area contributed by atoms with Crippen LogP contribution >= 0.6 is 0 Å². The Morgan fingerprint density at radius 3 is 2.76 bits per heavy atom. The average molecular weight is 294 g/mol. The van der Waals surface area contributed by atoms with E-state index in [-0.39, 0.29) is 18.7 Å². The minimum Gasteiger partial charge on any atom is -0.454 e. The van der Waals surface area contributed by atoms with Crippen molar-refractivity contribution in [2.75, 3.05) is 20.9 Å². The third-order valence-electron chi connectivity index (χ3n) is 3.52. The summed E-state index contributed by atoms with van der Waals surface area (Å²) in [5.74, 6) is 1.15. The summed E-state index contributed by atoms with van der Waals surface area (Å²) < 4.78 is 10.6. The van der Waals surface area contributed by atoms with Gasteiger partial charge < -0.3 is 19.7 Å². The lowest BCUT2D eigenvalue weighted by molar-refractivity contribution is -0.908. The number of imide groups is 1. The van der Waals surface area contributed by atoms with E-state index in [9.17, 15) is 9.59 Å². The first-order chi connectivity index (χ1) is 10.0. The number of quaternary nitrogens is 1. The molecule has 114 valence electrons. The molecule has 1 heterocycles. The van der Waals surface area contributed by atoms with E-state index in [1.54, 1.807) is 6.92 Å². The normalized spacial score (nSPS) is 15.2. The topological polar surface area (TPSA) is 81.1 Å². The highest BCUT2D eigenvalue weighted by Crippen LogP contribution is 2.32. The second-order valence-electron chi connectivity index (χ2n) is 5.00. The molecule has 3 amide bonds. The van der Waals surface area contributed by atoms with Gasteiger partial charge in [0.1, 0.15) is 6.54 Å². The summed E-state index contributed by atoms with van der Waals surface area (Å²) in [6.45, 7) is 2.66. The number of fused-ring (bicyclic) bond motifs is 1. The number of rotatable bonds is 4. The quantitative estimate of drug-likeness (QED) is 0.684. The van der Waals surface area contributed by atoms with Crippen LogP contribution in [-0.4, -0.2) is 38.9 Å². The van der Waals surface area contributed by atoms with E-state index in [0.717, 1.165) is 22.0 Å². The summed E-state index contributed by atoms with van der Waals surface area (Å²) in [5, 5.41) is 4.64. The first kappa shape index (κ1) is 15.1. The Hall–Kier alpha value is -2.28. The molecule has 0 aromatic heterocycles. The van der Waals surface area contributed by atoms with E-state index in [4.69, 9.17) is 9.47 Å². The Balaban J connectivity index is 1.95. The van der Waals surface area contributed by atoms with Gasteiger partial charge in [-0.15, -0.1) is 0 Å². The van der Waals surface area contributed by atoms with Gasteiger partial charge >= 0.3 is 6.03 Å². The number of nitrogens with one attached hydrogen (secondary N) is 3. The number of amides is 3. The number of carbonyl (C=O) groups is 2. The Morgan fingerprint density at radius 2 is 2.05 bits per heavy atom. The van der Waals surface area contributed by atoms with Gasteiger partial charge in [-0.05, 0) is 25.1 Å². The highest BCUT2D eigenvalue weighted by atomic mass is 16.7. The lowest BCUT2D eigenvalue weighted by Gasteiger charge is -2.20. The van der Waals surface area contributed by atoms with Crippen LogP contribution in [-0.2, 0) is 11.3 Å². The fourth-order valence-electron chi connectivity index (χ4n) is 2.03.